The van der Waals surface area contributed by atoms with Gasteiger partial charge in [-0.15, -0.1) is 0 Å². The average Bonchev–Trinajstić information content (AvgIpc) is 2.59. The summed E-state index contributed by atoms with van der Waals surface area (Å²) in [6.07, 6.45) is 0. The Morgan fingerprint density at radius 1 is 0.750 bits per heavy atom. The fraction of sp³-hybridized carbons (Fsp3) is 0.333. The molecule has 0 bridgehead atoms. The Bertz CT molecular complexity index is 690. The number of fused-ring (bicyclic) bond motifs is 2. The average molecular weight is 454 g/mol. The lowest BCUT2D eigenvalue weighted by atomic mass is 10.1. The molecule has 0 saturated carbocycles. The molecule has 2 aliphatic rings. The van der Waals surface area contributed by atoms with Crippen LogP contribution in [0.3, 0.4) is 0 Å². The van der Waals surface area contributed by atoms with Gasteiger partial charge in [-0.2, -0.15) is 0 Å². The van der Waals surface area contributed by atoms with E-state index < -0.39 is 0 Å². The fourth-order valence-electron chi connectivity index (χ4n) is 3.09. The number of rotatable bonds is 3. The molecule has 4 rings (SSSR count). The molecule has 0 atom stereocenters. The molecule has 2 aromatic rings. The summed E-state index contributed by atoms with van der Waals surface area (Å²) in [5, 5.41) is 0. The summed E-state index contributed by atoms with van der Waals surface area (Å²) in [7, 11) is 0. The Balaban J connectivity index is 1.35. The highest BCUT2D eigenvalue weighted by Crippen LogP contribution is 2.29. The highest BCUT2D eigenvalue weighted by atomic mass is 79.9. The molecule has 24 heavy (non-hydrogen) atoms. The van der Waals surface area contributed by atoms with Gasteiger partial charge in [0.2, 0.25) is 0 Å². The van der Waals surface area contributed by atoms with Crippen LogP contribution in [-0.4, -0.2) is 36.4 Å². The second-order valence-electron chi connectivity index (χ2n) is 6.16. The molecule has 0 radical (unpaired) electrons. The van der Waals surface area contributed by atoms with Crippen molar-refractivity contribution in [3.8, 4) is 11.5 Å². The summed E-state index contributed by atoms with van der Waals surface area (Å²) in [5.41, 5.74) is 2.47. The van der Waals surface area contributed by atoms with Gasteiger partial charge in [-0.1, -0.05) is 31.9 Å². The number of hydrogen-bond acceptors (Lipinski definition) is 4. The number of halogens is 2. The van der Waals surface area contributed by atoms with Gasteiger partial charge in [0.05, 0.1) is 0 Å². The smallest absolute Gasteiger partial charge is 0.142 e. The van der Waals surface area contributed by atoms with E-state index in [2.05, 4.69) is 53.8 Å². The Morgan fingerprint density at radius 2 is 1.21 bits per heavy atom. The summed E-state index contributed by atoms with van der Waals surface area (Å²) in [6, 6.07) is 12.4. The second-order valence-corrected chi connectivity index (χ2v) is 7.99. The van der Waals surface area contributed by atoms with E-state index >= 15 is 0 Å². The molecule has 0 aromatic heterocycles. The van der Waals surface area contributed by atoms with Crippen molar-refractivity contribution < 1.29 is 9.47 Å². The van der Waals surface area contributed by atoms with Crippen molar-refractivity contribution in [3.63, 3.8) is 0 Å². The van der Waals surface area contributed by atoms with E-state index in [1.165, 1.54) is 11.1 Å². The van der Waals surface area contributed by atoms with E-state index in [-0.39, 0.29) is 0 Å². The molecular formula is C18H18Br2N2O2. The van der Waals surface area contributed by atoms with Gasteiger partial charge in [0, 0.05) is 46.3 Å². The van der Waals surface area contributed by atoms with E-state index in [0.29, 0.717) is 13.5 Å². The molecule has 0 aliphatic carbocycles. The van der Waals surface area contributed by atoms with Crippen LogP contribution in [0.5, 0.6) is 11.5 Å². The van der Waals surface area contributed by atoms with Crippen LogP contribution >= 0.6 is 31.9 Å². The lowest BCUT2D eigenvalue weighted by Crippen LogP contribution is -2.41. The lowest BCUT2D eigenvalue weighted by Gasteiger charge is -2.33. The Morgan fingerprint density at radius 3 is 1.67 bits per heavy atom. The zero-order valence-electron chi connectivity index (χ0n) is 13.2. The first-order valence-electron chi connectivity index (χ1n) is 7.94. The summed E-state index contributed by atoms with van der Waals surface area (Å²) < 4.78 is 13.9. The third-order valence-electron chi connectivity index (χ3n) is 4.37. The van der Waals surface area contributed by atoms with Gasteiger partial charge in [0.15, 0.2) is 0 Å². The van der Waals surface area contributed by atoms with Crippen LogP contribution in [0.1, 0.15) is 11.1 Å². The van der Waals surface area contributed by atoms with Gasteiger partial charge in [-0.05, 0) is 36.4 Å². The largest absolute Gasteiger partial charge is 0.478 e. The third kappa shape index (κ3) is 3.61. The summed E-state index contributed by atoms with van der Waals surface area (Å²) >= 11 is 7.06. The van der Waals surface area contributed by atoms with Crippen LogP contribution in [0.25, 0.3) is 0 Å². The van der Waals surface area contributed by atoms with Crippen LogP contribution in [-0.2, 0) is 13.1 Å². The fourth-order valence-corrected chi connectivity index (χ4v) is 3.91. The predicted molar refractivity (Wildman–Crippen MR) is 100 cm³/mol. The number of hydrogen-bond donors (Lipinski definition) is 0. The van der Waals surface area contributed by atoms with Gasteiger partial charge in [-0.3, -0.25) is 9.80 Å². The second kappa shape index (κ2) is 7.04. The van der Waals surface area contributed by atoms with E-state index in [0.717, 1.165) is 46.6 Å². The molecule has 0 spiro atoms. The first-order chi connectivity index (χ1) is 11.7. The minimum Gasteiger partial charge on any atom is -0.478 e. The van der Waals surface area contributed by atoms with Gasteiger partial charge in [-0.25, -0.2) is 0 Å². The minimum atomic E-state index is 0.644. The van der Waals surface area contributed by atoms with Gasteiger partial charge in [0.25, 0.3) is 0 Å². The topological polar surface area (TPSA) is 24.9 Å². The summed E-state index contributed by atoms with van der Waals surface area (Å²) in [6.45, 7) is 5.05. The van der Waals surface area contributed by atoms with E-state index in [1.54, 1.807) is 0 Å². The standard InChI is InChI=1S/C18H18Br2N2O2/c19-15-1-3-17-13(7-15)9-21(11-23-17)5-6-22-10-14-8-16(20)2-4-18(14)24-12-22/h1-4,7-8H,5-6,9-12H2. The van der Waals surface area contributed by atoms with Gasteiger partial charge in [0.1, 0.15) is 25.0 Å². The molecule has 0 unspecified atom stereocenters. The molecule has 0 amide bonds. The SMILES string of the molecule is Brc1ccc2c(c1)CN(CCN1COc3ccc(Br)cc3C1)CO2. The molecule has 0 N–H and O–H groups in total. The van der Waals surface area contributed by atoms with Gasteiger partial charge < -0.3 is 9.47 Å². The quantitative estimate of drug-likeness (QED) is 0.694. The molecule has 2 aliphatic heterocycles. The van der Waals surface area contributed by atoms with Crippen LogP contribution in [0, 0.1) is 0 Å². The van der Waals surface area contributed by atoms with E-state index in [4.69, 9.17) is 9.47 Å². The maximum Gasteiger partial charge on any atom is 0.142 e. The van der Waals surface area contributed by atoms with Crippen molar-refractivity contribution in [3.05, 3.63) is 56.5 Å². The number of ether oxygens (including phenoxy) is 2. The van der Waals surface area contributed by atoms with Crippen molar-refractivity contribution >= 4 is 31.9 Å². The highest BCUT2D eigenvalue weighted by Gasteiger charge is 2.21. The Labute approximate surface area is 158 Å². The molecule has 0 saturated heterocycles. The van der Waals surface area contributed by atoms with Crippen molar-refractivity contribution in [2.45, 2.75) is 13.1 Å². The monoisotopic (exact) mass is 452 g/mol. The molecule has 2 aromatic carbocycles. The first kappa shape index (κ1) is 16.4. The molecule has 4 nitrogen and oxygen atoms in total. The maximum atomic E-state index is 5.85. The van der Waals surface area contributed by atoms with Gasteiger partial charge >= 0.3 is 0 Å². The van der Waals surface area contributed by atoms with Crippen molar-refractivity contribution in [1.82, 2.24) is 9.80 Å². The van der Waals surface area contributed by atoms with Crippen molar-refractivity contribution in [1.29, 1.82) is 0 Å². The van der Waals surface area contributed by atoms with Crippen LogP contribution in [0.4, 0.5) is 0 Å². The highest BCUT2D eigenvalue weighted by molar-refractivity contribution is 9.10. The van der Waals surface area contributed by atoms with E-state index in [9.17, 15) is 0 Å². The normalized spacial score (nSPS) is 17.6. The third-order valence-corrected chi connectivity index (χ3v) is 5.36. The summed E-state index contributed by atoms with van der Waals surface area (Å²) in [5.74, 6) is 1.99. The van der Waals surface area contributed by atoms with Crippen molar-refractivity contribution in [2.24, 2.45) is 0 Å². The molecular weight excluding hydrogens is 436 g/mol. The number of benzene rings is 2. The Kier molecular flexibility index (Phi) is 4.81. The summed E-state index contributed by atoms with van der Waals surface area (Å²) in [4.78, 5) is 4.65. The molecule has 6 heteroatoms. The lowest BCUT2D eigenvalue weighted by molar-refractivity contribution is 0.0521. The first-order valence-corrected chi connectivity index (χ1v) is 9.53. The zero-order valence-corrected chi connectivity index (χ0v) is 16.3. The minimum absolute atomic E-state index is 0.644. The molecule has 126 valence electrons. The van der Waals surface area contributed by atoms with Crippen LogP contribution in [0.2, 0.25) is 0 Å². The van der Waals surface area contributed by atoms with E-state index in [1.807, 2.05) is 24.3 Å². The Hall–Kier alpha value is -1.08. The molecule has 0 fully saturated rings. The predicted octanol–water partition coefficient (Wildman–Crippen LogP) is 4.22. The van der Waals surface area contributed by atoms with Crippen molar-refractivity contribution in [2.75, 3.05) is 26.6 Å². The number of nitrogens with zero attached hydrogens (tertiary/aromatic N) is 2. The zero-order chi connectivity index (χ0) is 16.5. The van der Waals surface area contributed by atoms with Crippen LogP contribution in [0.15, 0.2) is 45.3 Å². The van der Waals surface area contributed by atoms with Crippen LogP contribution < -0.4 is 9.47 Å². The maximum absolute atomic E-state index is 5.85. The molecule has 2 heterocycles.